The van der Waals surface area contributed by atoms with Crippen LogP contribution in [0.3, 0.4) is 0 Å². The number of fused-ring (bicyclic) bond motifs is 1. The topological polar surface area (TPSA) is 90.6 Å². The highest BCUT2D eigenvalue weighted by atomic mass is 35.5. The molecule has 0 saturated heterocycles. The molecule has 0 radical (unpaired) electrons. The predicted molar refractivity (Wildman–Crippen MR) is 110 cm³/mol. The van der Waals surface area contributed by atoms with Gasteiger partial charge in [0.25, 0.3) is 5.91 Å². The predicted octanol–water partition coefficient (Wildman–Crippen LogP) is 3.11. The van der Waals surface area contributed by atoms with Gasteiger partial charge in [0.2, 0.25) is 6.79 Å². The summed E-state index contributed by atoms with van der Waals surface area (Å²) in [5.74, 6) is 1.97. The molecular formula is C19H16ClN5O3S. The SMILES string of the molecule is Cn1c(SCC(=O)N/N=C/c2ccc3c(c2)OCO3)nnc1-c1ccc(Cl)cc1. The van der Waals surface area contributed by atoms with E-state index < -0.39 is 0 Å². The van der Waals surface area contributed by atoms with Gasteiger partial charge in [0.05, 0.1) is 12.0 Å². The number of aromatic nitrogens is 3. The summed E-state index contributed by atoms with van der Waals surface area (Å²) in [6, 6.07) is 12.8. The average Bonchev–Trinajstić information content (AvgIpc) is 3.33. The van der Waals surface area contributed by atoms with Crippen molar-refractivity contribution in [2.24, 2.45) is 12.1 Å². The molecule has 1 N–H and O–H groups in total. The van der Waals surface area contributed by atoms with E-state index in [1.54, 1.807) is 30.5 Å². The minimum atomic E-state index is -0.247. The summed E-state index contributed by atoms with van der Waals surface area (Å²) in [4.78, 5) is 12.1. The van der Waals surface area contributed by atoms with Crippen LogP contribution in [-0.4, -0.2) is 39.4 Å². The maximum Gasteiger partial charge on any atom is 0.250 e. The highest BCUT2D eigenvalue weighted by molar-refractivity contribution is 7.99. The highest BCUT2D eigenvalue weighted by Gasteiger charge is 2.14. The zero-order valence-electron chi connectivity index (χ0n) is 15.3. The molecule has 8 nitrogen and oxygen atoms in total. The maximum atomic E-state index is 12.1. The molecule has 1 aromatic heterocycles. The summed E-state index contributed by atoms with van der Waals surface area (Å²) >= 11 is 7.20. The number of benzene rings is 2. The van der Waals surface area contributed by atoms with Crippen molar-refractivity contribution in [3.05, 3.63) is 53.1 Å². The smallest absolute Gasteiger partial charge is 0.250 e. The third kappa shape index (κ3) is 4.52. The van der Waals surface area contributed by atoms with Crippen LogP contribution in [0.4, 0.5) is 0 Å². The number of nitrogens with one attached hydrogen (secondary N) is 1. The van der Waals surface area contributed by atoms with Gasteiger partial charge in [-0.05, 0) is 48.0 Å². The Kier molecular flexibility index (Phi) is 5.68. The van der Waals surface area contributed by atoms with E-state index in [9.17, 15) is 4.79 Å². The third-order valence-electron chi connectivity index (χ3n) is 4.07. The number of carbonyl (C=O) groups is 1. The molecule has 3 aromatic rings. The molecule has 1 aliphatic rings. The summed E-state index contributed by atoms with van der Waals surface area (Å²) in [7, 11) is 1.85. The van der Waals surface area contributed by atoms with Crippen LogP contribution in [0.2, 0.25) is 5.02 Å². The molecule has 29 heavy (non-hydrogen) atoms. The third-order valence-corrected chi connectivity index (χ3v) is 5.34. The Balaban J connectivity index is 1.31. The number of carbonyl (C=O) groups excluding carboxylic acids is 1. The molecule has 0 spiro atoms. The first-order valence-electron chi connectivity index (χ1n) is 8.60. The van der Waals surface area contributed by atoms with Gasteiger partial charge in [0.1, 0.15) is 0 Å². The Morgan fingerprint density at radius 3 is 2.86 bits per heavy atom. The van der Waals surface area contributed by atoms with E-state index in [4.69, 9.17) is 21.1 Å². The number of rotatable bonds is 6. The number of hydrogen-bond donors (Lipinski definition) is 1. The van der Waals surface area contributed by atoms with Gasteiger partial charge in [0.15, 0.2) is 22.5 Å². The van der Waals surface area contributed by atoms with Crippen LogP contribution in [0, 0.1) is 0 Å². The lowest BCUT2D eigenvalue weighted by atomic mass is 10.2. The van der Waals surface area contributed by atoms with E-state index in [0.717, 1.165) is 11.1 Å². The molecule has 0 atom stereocenters. The van der Waals surface area contributed by atoms with Gasteiger partial charge in [-0.3, -0.25) is 4.79 Å². The standard InChI is InChI=1S/C19H16ClN5O3S/c1-25-18(13-3-5-14(20)6-4-13)23-24-19(25)29-10-17(26)22-21-9-12-2-7-15-16(8-12)28-11-27-15/h2-9H,10-11H2,1H3,(H,22,26)/b21-9+. The van der Waals surface area contributed by atoms with E-state index in [2.05, 4.69) is 20.7 Å². The zero-order valence-corrected chi connectivity index (χ0v) is 16.9. The van der Waals surface area contributed by atoms with Gasteiger partial charge in [-0.15, -0.1) is 10.2 Å². The lowest BCUT2D eigenvalue weighted by Crippen LogP contribution is -2.19. The van der Waals surface area contributed by atoms with E-state index in [1.165, 1.54) is 11.8 Å². The van der Waals surface area contributed by atoms with Gasteiger partial charge < -0.3 is 14.0 Å². The number of hydrazone groups is 1. The lowest BCUT2D eigenvalue weighted by molar-refractivity contribution is -0.118. The quantitative estimate of drug-likeness (QED) is 0.368. The Bertz CT molecular complexity index is 1070. The summed E-state index contributed by atoms with van der Waals surface area (Å²) in [5, 5.41) is 13.6. The maximum absolute atomic E-state index is 12.1. The first-order chi connectivity index (χ1) is 14.1. The molecule has 0 saturated carbocycles. The Morgan fingerprint density at radius 2 is 2.03 bits per heavy atom. The molecule has 0 bridgehead atoms. The van der Waals surface area contributed by atoms with Crippen LogP contribution in [0.1, 0.15) is 5.56 Å². The Morgan fingerprint density at radius 1 is 1.24 bits per heavy atom. The monoisotopic (exact) mass is 429 g/mol. The molecule has 2 aromatic carbocycles. The number of ether oxygens (including phenoxy) is 2. The molecule has 0 unspecified atom stereocenters. The van der Waals surface area contributed by atoms with Crippen molar-refractivity contribution in [3.63, 3.8) is 0 Å². The van der Waals surface area contributed by atoms with Gasteiger partial charge >= 0.3 is 0 Å². The van der Waals surface area contributed by atoms with E-state index in [0.29, 0.717) is 27.5 Å². The molecular weight excluding hydrogens is 414 g/mol. The van der Waals surface area contributed by atoms with Crippen molar-refractivity contribution < 1.29 is 14.3 Å². The fourth-order valence-corrected chi connectivity index (χ4v) is 3.45. The minimum Gasteiger partial charge on any atom is -0.454 e. The van der Waals surface area contributed by atoms with Crippen molar-refractivity contribution in [1.82, 2.24) is 20.2 Å². The fourth-order valence-electron chi connectivity index (χ4n) is 2.63. The number of thioether (sulfide) groups is 1. The van der Waals surface area contributed by atoms with Gasteiger partial charge in [0, 0.05) is 17.6 Å². The van der Waals surface area contributed by atoms with Crippen LogP contribution < -0.4 is 14.9 Å². The van der Waals surface area contributed by atoms with Crippen molar-refractivity contribution in [3.8, 4) is 22.9 Å². The molecule has 1 aliphatic heterocycles. The van der Waals surface area contributed by atoms with Crippen LogP contribution in [-0.2, 0) is 11.8 Å². The molecule has 148 valence electrons. The fraction of sp³-hybridized carbons (Fsp3) is 0.158. The van der Waals surface area contributed by atoms with Crippen molar-refractivity contribution in [2.45, 2.75) is 5.16 Å². The van der Waals surface area contributed by atoms with Gasteiger partial charge in [-0.25, -0.2) is 5.43 Å². The summed E-state index contributed by atoms with van der Waals surface area (Å²) in [6.07, 6.45) is 1.55. The molecule has 2 heterocycles. The first-order valence-corrected chi connectivity index (χ1v) is 9.96. The molecule has 0 aliphatic carbocycles. The van der Waals surface area contributed by atoms with E-state index in [1.807, 2.05) is 29.8 Å². The van der Waals surface area contributed by atoms with Crippen molar-refractivity contribution >= 4 is 35.5 Å². The average molecular weight is 430 g/mol. The number of hydrogen-bond acceptors (Lipinski definition) is 7. The van der Waals surface area contributed by atoms with Gasteiger partial charge in [-0.1, -0.05) is 23.4 Å². The Hall–Kier alpha value is -3.04. The van der Waals surface area contributed by atoms with Crippen LogP contribution in [0.25, 0.3) is 11.4 Å². The van der Waals surface area contributed by atoms with Gasteiger partial charge in [-0.2, -0.15) is 5.10 Å². The summed E-state index contributed by atoms with van der Waals surface area (Å²) in [6.45, 7) is 0.214. The van der Waals surface area contributed by atoms with Crippen LogP contribution >= 0.6 is 23.4 Å². The second-order valence-corrected chi connectivity index (χ2v) is 7.45. The van der Waals surface area contributed by atoms with Crippen molar-refractivity contribution in [1.29, 1.82) is 0 Å². The minimum absolute atomic E-state index is 0.158. The number of nitrogens with zero attached hydrogens (tertiary/aromatic N) is 4. The molecule has 10 heteroatoms. The molecule has 0 fully saturated rings. The van der Waals surface area contributed by atoms with Crippen LogP contribution in [0.5, 0.6) is 11.5 Å². The zero-order chi connectivity index (χ0) is 20.2. The Labute approximate surface area is 175 Å². The number of halogens is 1. The largest absolute Gasteiger partial charge is 0.454 e. The highest BCUT2D eigenvalue weighted by Crippen LogP contribution is 2.32. The second-order valence-electron chi connectivity index (χ2n) is 6.07. The number of amides is 1. The van der Waals surface area contributed by atoms with Crippen molar-refractivity contribution in [2.75, 3.05) is 12.5 Å². The summed E-state index contributed by atoms with van der Waals surface area (Å²) in [5.41, 5.74) is 4.19. The lowest BCUT2D eigenvalue weighted by Gasteiger charge is -2.04. The second kappa shape index (κ2) is 8.54. The summed E-state index contributed by atoms with van der Waals surface area (Å²) < 4.78 is 12.4. The first kappa shape index (κ1) is 19.3. The molecule has 1 amide bonds. The van der Waals surface area contributed by atoms with E-state index in [-0.39, 0.29) is 18.5 Å². The molecule has 4 rings (SSSR count). The van der Waals surface area contributed by atoms with E-state index >= 15 is 0 Å². The van der Waals surface area contributed by atoms with Crippen LogP contribution in [0.15, 0.2) is 52.7 Å². The normalized spacial score (nSPS) is 12.5.